The average Bonchev–Trinajstić information content (AvgIpc) is 3.33. The van der Waals surface area contributed by atoms with Gasteiger partial charge in [-0.3, -0.25) is 0 Å². The van der Waals surface area contributed by atoms with Crippen LogP contribution in [0, 0.1) is 13.8 Å². The molecule has 1 aliphatic rings. The Morgan fingerprint density at radius 1 is 1.11 bits per heavy atom. The monoisotopic (exact) mass is 436 g/mol. The summed E-state index contributed by atoms with van der Waals surface area (Å²) < 4.78 is 35.0. The number of sulfonamides is 1. The van der Waals surface area contributed by atoms with Gasteiger partial charge in [-0.15, -0.1) is 11.3 Å². The molecule has 0 N–H and O–H groups in total. The topological polar surface area (TPSA) is 59.5 Å². The number of thiophene rings is 1. The summed E-state index contributed by atoms with van der Waals surface area (Å²) in [4.78, 5) is 5.76. The summed E-state index contributed by atoms with van der Waals surface area (Å²) in [7, 11) is -3.40. The lowest BCUT2D eigenvalue weighted by Gasteiger charge is -2.30. The van der Waals surface area contributed by atoms with Gasteiger partial charge < -0.3 is 4.74 Å². The molecule has 0 spiro atoms. The van der Waals surface area contributed by atoms with E-state index < -0.39 is 10.0 Å². The number of benzene rings is 1. The molecular formula is C20H24N2O3S3. The van der Waals surface area contributed by atoms with Crippen LogP contribution in [0.2, 0.25) is 0 Å². The van der Waals surface area contributed by atoms with Gasteiger partial charge in [-0.05, 0) is 56.4 Å². The molecule has 0 saturated carbocycles. The van der Waals surface area contributed by atoms with E-state index in [-0.39, 0.29) is 6.10 Å². The quantitative estimate of drug-likeness (QED) is 0.578. The first kappa shape index (κ1) is 19.8. The SMILES string of the molecule is CCc1ccc(S(=O)(=O)N2CCC(Oc3nc4c(C)ccc(C)c4s3)CC2)s1. The van der Waals surface area contributed by atoms with Crippen molar-refractivity contribution in [1.82, 2.24) is 9.29 Å². The van der Waals surface area contributed by atoms with Crippen molar-refractivity contribution in [2.45, 2.75) is 50.3 Å². The molecule has 1 aliphatic heterocycles. The molecule has 4 rings (SSSR count). The minimum atomic E-state index is -3.40. The number of hydrogen-bond acceptors (Lipinski definition) is 6. The fourth-order valence-electron chi connectivity index (χ4n) is 3.44. The fourth-order valence-corrected chi connectivity index (χ4v) is 7.38. The molecule has 0 atom stereocenters. The van der Waals surface area contributed by atoms with Crippen LogP contribution in [0.15, 0.2) is 28.5 Å². The molecule has 8 heteroatoms. The third kappa shape index (κ3) is 3.70. The highest BCUT2D eigenvalue weighted by molar-refractivity contribution is 7.91. The Morgan fingerprint density at radius 2 is 1.82 bits per heavy atom. The van der Waals surface area contributed by atoms with Crippen LogP contribution >= 0.6 is 22.7 Å². The van der Waals surface area contributed by atoms with E-state index in [9.17, 15) is 8.42 Å². The molecule has 0 bridgehead atoms. The van der Waals surface area contributed by atoms with Gasteiger partial charge >= 0.3 is 0 Å². The van der Waals surface area contributed by atoms with Crippen molar-refractivity contribution < 1.29 is 13.2 Å². The first-order valence-electron chi connectivity index (χ1n) is 9.50. The Bertz CT molecular complexity index is 1050. The lowest BCUT2D eigenvalue weighted by Crippen LogP contribution is -2.41. The third-order valence-electron chi connectivity index (χ3n) is 5.17. The van der Waals surface area contributed by atoms with Crippen molar-refractivity contribution in [3.05, 3.63) is 40.3 Å². The van der Waals surface area contributed by atoms with Crippen LogP contribution in [0.3, 0.4) is 0 Å². The van der Waals surface area contributed by atoms with E-state index in [1.807, 2.05) is 13.0 Å². The molecule has 150 valence electrons. The molecule has 28 heavy (non-hydrogen) atoms. The van der Waals surface area contributed by atoms with Gasteiger partial charge in [-0.25, -0.2) is 13.4 Å². The second-order valence-corrected chi connectivity index (χ2v) is 11.4. The van der Waals surface area contributed by atoms with Crippen molar-refractivity contribution in [2.24, 2.45) is 0 Å². The molecule has 0 aliphatic carbocycles. The lowest BCUT2D eigenvalue weighted by molar-refractivity contribution is 0.135. The van der Waals surface area contributed by atoms with Crippen LogP contribution in [0.4, 0.5) is 0 Å². The molecule has 1 fully saturated rings. The fraction of sp³-hybridized carbons (Fsp3) is 0.450. The number of nitrogens with zero attached hydrogens (tertiary/aromatic N) is 2. The Kier molecular flexibility index (Phi) is 5.48. The highest BCUT2D eigenvalue weighted by Crippen LogP contribution is 2.34. The van der Waals surface area contributed by atoms with Gasteiger partial charge in [0.2, 0.25) is 0 Å². The number of hydrogen-bond donors (Lipinski definition) is 0. The predicted octanol–water partition coefficient (Wildman–Crippen LogP) is 4.77. The summed E-state index contributed by atoms with van der Waals surface area (Å²) in [6, 6.07) is 7.83. The van der Waals surface area contributed by atoms with Gasteiger partial charge in [0.05, 0.1) is 10.2 Å². The van der Waals surface area contributed by atoms with Crippen LogP contribution in [-0.2, 0) is 16.4 Å². The number of piperidine rings is 1. The summed E-state index contributed by atoms with van der Waals surface area (Å²) in [5.74, 6) is 0. The van der Waals surface area contributed by atoms with Gasteiger partial charge in [0, 0.05) is 18.0 Å². The zero-order chi connectivity index (χ0) is 19.9. The van der Waals surface area contributed by atoms with E-state index in [4.69, 9.17) is 4.74 Å². The van der Waals surface area contributed by atoms with Crippen molar-refractivity contribution in [2.75, 3.05) is 13.1 Å². The van der Waals surface area contributed by atoms with Gasteiger partial charge in [-0.2, -0.15) is 4.31 Å². The number of fused-ring (bicyclic) bond motifs is 1. The molecule has 1 saturated heterocycles. The molecule has 3 heterocycles. The van der Waals surface area contributed by atoms with E-state index in [2.05, 4.69) is 31.0 Å². The van der Waals surface area contributed by atoms with Crippen LogP contribution in [0.25, 0.3) is 10.2 Å². The lowest BCUT2D eigenvalue weighted by atomic mass is 10.1. The smallest absolute Gasteiger partial charge is 0.274 e. The highest BCUT2D eigenvalue weighted by atomic mass is 32.2. The van der Waals surface area contributed by atoms with E-state index in [0.717, 1.165) is 22.4 Å². The summed E-state index contributed by atoms with van der Waals surface area (Å²) in [6.07, 6.45) is 2.22. The molecule has 1 aromatic carbocycles. The maximum absolute atomic E-state index is 12.9. The number of ether oxygens (including phenoxy) is 1. The third-order valence-corrected chi connectivity index (χ3v) is 9.85. The van der Waals surface area contributed by atoms with E-state index in [1.54, 1.807) is 21.7 Å². The Labute approximate surface area is 174 Å². The maximum atomic E-state index is 12.9. The number of rotatable bonds is 5. The number of aryl methyl sites for hydroxylation is 3. The van der Waals surface area contributed by atoms with Crippen molar-refractivity contribution in [1.29, 1.82) is 0 Å². The molecule has 5 nitrogen and oxygen atoms in total. The summed E-state index contributed by atoms with van der Waals surface area (Å²) in [6.45, 7) is 7.14. The maximum Gasteiger partial charge on any atom is 0.274 e. The van der Waals surface area contributed by atoms with Crippen molar-refractivity contribution in [3.8, 4) is 5.19 Å². The minimum absolute atomic E-state index is 0.00200. The Morgan fingerprint density at radius 3 is 2.46 bits per heavy atom. The van der Waals surface area contributed by atoms with Gasteiger partial charge in [-0.1, -0.05) is 30.4 Å². The first-order valence-corrected chi connectivity index (χ1v) is 12.6. The van der Waals surface area contributed by atoms with Crippen LogP contribution in [-0.4, -0.2) is 36.9 Å². The number of aromatic nitrogens is 1. The zero-order valence-electron chi connectivity index (χ0n) is 16.3. The molecule has 3 aromatic rings. The standard InChI is InChI=1S/C20H24N2O3S3/c1-4-16-7-8-17(26-16)28(23,24)22-11-9-15(10-12-22)25-20-21-18-13(2)5-6-14(3)19(18)27-20/h5-8,15H,4,9-12H2,1-3H3. The van der Waals surface area contributed by atoms with Crippen LogP contribution in [0.1, 0.15) is 35.8 Å². The molecule has 0 unspecified atom stereocenters. The molecule has 2 aromatic heterocycles. The highest BCUT2D eigenvalue weighted by Gasteiger charge is 2.31. The normalized spacial score (nSPS) is 16.7. The molecule has 0 amide bonds. The van der Waals surface area contributed by atoms with Crippen LogP contribution < -0.4 is 4.74 Å². The number of thiazole rings is 1. The predicted molar refractivity (Wildman–Crippen MR) is 115 cm³/mol. The van der Waals surface area contributed by atoms with Gasteiger partial charge in [0.15, 0.2) is 0 Å². The summed E-state index contributed by atoms with van der Waals surface area (Å²) >= 11 is 2.95. The Balaban J connectivity index is 1.43. The van der Waals surface area contributed by atoms with Crippen molar-refractivity contribution in [3.63, 3.8) is 0 Å². The zero-order valence-corrected chi connectivity index (χ0v) is 18.7. The Hall–Kier alpha value is -1.48. The van der Waals surface area contributed by atoms with E-state index in [1.165, 1.54) is 21.6 Å². The minimum Gasteiger partial charge on any atom is -0.467 e. The molecule has 0 radical (unpaired) electrons. The second-order valence-electron chi connectivity index (χ2n) is 7.15. The van der Waals surface area contributed by atoms with Crippen LogP contribution in [0.5, 0.6) is 5.19 Å². The summed E-state index contributed by atoms with van der Waals surface area (Å²) in [5.41, 5.74) is 3.36. The average molecular weight is 437 g/mol. The largest absolute Gasteiger partial charge is 0.467 e. The second kappa shape index (κ2) is 7.74. The molecular weight excluding hydrogens is 412 g/mol. The van der Waals surface area contributed by atoms with Gasteiger partial charge in [0.1, 0.15) is 10.3 Å². The van der Waals surface area contributed by atoms with Gasteiger partial charge in [0.25, 0.3) is 15.2 Å². The first-order chi connectivity index (χ1) is 13.4. The van der Waals surface area contributed by atoms with E-state index >= 15 is 0 Å². The summed E-state index contributed by atoms with van der Waals surface area (Å²) in [5, 5.41) is 0.680. The van der Waals surface area contributed by atoms with Crippen molar-refractivity contribution >= 4 is 42.9 Å². The van der Waals surface area contributed by atoms with E-state index in [0.29, 0.717) is 35.3 Å².